The molecule has 0 atom stereocenters. The molecule has 3 nitrogen and oxygen atoms in total. The van der Waals surface area contributed by atoms with Gasteiger partial charge >= 0.3 is 0 Å². The summed E-state index contributed by atoms with van der Waals surface area (Å²) >= 11 is 0. The van der Waals surface area contributed by atoms with E-state index < -0.39 is 0 Å². The summed E-state index contributed by atoms with van der Waals surface area (Å²) < 4.78 is 0. The van der Waals surface area contributed by atoms with E-state index in [9.17, 15) is 10.1 Å². The zero-order chi connectivity index (χ0) is 10.9. The number of allylic oxidation sites excluding steroid dienone is 2. The fourth-order valence-corrected chi connectivity index (χ4v) is 2.05. The molecular weight excluding hydrogens is 190 g/mol. The van der Waals surface area contributed by atoms with Crippen molar-refractivity contribution in [2.24, 2.45) is 0 Å². The van der Waals surface area contributed by atoms with Crippen molar-refractivity contribution in [2.45, 2.75) is 64.2 Å². The van der Waals surface area contributed by atoms with Crippen molar-refractivity contribution in [3.8, 4) is 0 Å². The lowest BCUT2D eigenvalue weighted by Crippen LogP contribution is -1.99. The van der Waals surface area contributed by atoms with Crippen LogP contribution in [0.15, 0.2) is 11.8 Å². The number of nitrogens with zero attached hydrogens (tertiary/aromatic N) is 1. The summed E-state index contributed by atoms with van der Waals surface area (Å²) in [6, 6.07) is 0. The van der Waals surface area contributed by atoms with E-state index in [1.54, 1.807) is 0 Å². The maximum Gasteiger partial charge on any atom is 0.242 e. The third-order valence-electron chi connectivity index (χ3n) is 3.00. The lowest BCUT2D eigenvalue weighted by molar-refractivity contribution is -0.428. The van der Waals surface area contributed by atoms with E-state index in [1.165, 1.54) is 32.1 Å². The Hall–Kier alpha value is -0.860. The molecule has 0 spiro atoms. The van der Waals surface area contributed by atoms with Gasteiger partial charge in [-0.1, -0.05) is 38.5 Å². The molecule has 0 saturated heterocycles. The standard InChI is InChI=1S/C12H21NO2/c14-13(15)12-10-8-6-4-2-1-3-5-7-9-11-12/h10H,1-9,11H2/b12-10-. The van der Waals surface area contributed by atoms with Crippen molar-refractivity contribution in [2.75, 3.05) is 0 Å². The molecule has 1 aliphatic carbocycles. The van der Waals surface area contributed by atoms with Gasteiger partial charge in [0.2, 0.25) is 5.70 Å². The molecular formula is C12H21NO2. The summed E-state index contributed by atoms with van der Waals surface area (Å²) in [6.07, 6.45) is 13.0. The Morgan fingerprint density at radius 2 is 1.47 bits per heavy atom. The molecule has 0 aromatic heterocycles. The van der Waals surface area contributed by atoms with Gasteiger partial charge in [0.25, 0.3) is 0 Å². The molecule has 0 aromatic rings. The second-order valence-corrected chi connectivity index (χ2v) is 4.32. The second-order valence-electron chi connectivity index (χ2n) is 4.32. The van der Waals surface area contributed by atoms with Gasteiger partial charge in [0.05, 0.1) is 4.92 Å². The van der Waals surface area contributed by atoms with Crippen LogP contribution >= 0.6 is 0 Å². The first-order valence-corrected chi connectivity index (χ1v) is 6.14. The van der Waals surface area contributed by atoms with Crippen LogP contribution in [-0.2, 0) is 0 Å². The first-order chi connectivity index (χ1) is 7.30. The van der Waals surface area contributed by atoms with Crippen LogP contribution in [0.1, 0.15) is 64.2 Å². The average molecular weight is 211 g/mol. The van der Waals surface area contributed by atoms with Crippen molar-refractivity contribution >= 4 is 0 Å². The van der Waals surface area contributed by atoms with Gasteiger partial charge in [0, 0.05) is 6.42 Å². The highest BCUT2D eigenvalue weighted by Crippen LogP contribution is 2.16. The smallest absolute Gasteiger partial charge is 0.242 e. The summed E-state index contributed by atoms with van der Waals surface area (Å²) in [5, 5.41) is 10.7. The molecule has 86 valence electrons. The minimum Gasteiger partial charge on any atom is -0.259 e. The molecule has 0 amide bonds. The zero-order valence-electron chi connectivity index (χ0n) is 9.41. The Morgan fingerprint density at radius 3 is 2.07 bits per heavy atom. The summed E-state index contributed by atoms with van der Waals surface area (Å²) in [4.78, 5) is 10.5. The topological polar surface area (TPSA) is 43.1 Å². The number of hydrogen-bond donors (Lipinski definition) is 0. The molecule has 15 heavy (non-hydrogen) atoms. The van der Waals surface area contributed by atoms with Crippen molar-refractivity contribution < 1.29 is 4.92 Å². The summed E-state index contributed by atoms with van der Waals surface area (Å²) in [5.74, 6) is 0. The average Bonchev–Trinajstić information content (AvgIpc) is 2.18. The van der Waals surface area contributed by atoms with Crippen LogP contribution in [0.2, 0.25) is 0 Å². The number of rotatable bonds is 1. The number of hydrogen-bond acceptors (Lipinski definition) is 2. The van der Waals surface area contributed by atoms with Crippen molar-refractivity contribution in [3.63, 3.8) is 0 Å². The van der Waals surface area contributed by atoms with Gasteiger partial charge in [0.1, 0.15) is 0 Å². The van der Waals surface area contributed by atoms with Gasteiger partial charge < -0.3 is 0 Å². The van der Waals surface area contributed by atoms with Gasteiger partial charge in [-0.2, -0.15) is 0 Å². The highest BCUT2D eigenvalue weighted by molar-refractivity contribution is 4.91. The van der Waals surface area contributed by atoms with Crippen molar-refractivity contribution in [3.05, 3.63) is 21.9 Å². The monoisotopic (exact) mass is 211 g/mol. The fraction of sp³-hybridized carbons (Fsp3) is 0.833. The van der Waals surface area contributed by atoms with Crippen molar-refractivity contribution in [1.29, 1.82) is 0 Å². The van der Waals surface area contributed by atoms with Gasteiger partial charge in [-0.05, 0) is 25.3 Å². The predicted octanol–water partition coefficient (Wildman–Crippen LogP) is 4.06. The van der Waals surface area contributed by atoms with Crippen LogP contribution in [0.5, 0.6) is 0 Å². The Bertz CT molecular complexity index is 224. The molecule has 0 radical (unpaired) electrons. The molecule has 0 N–H and O–H groups in total. The Kier molecular flexibility index (Phi) is 6.05. The van der Waals surface area contributed by atoms with E-state index in [2.05, 4.69) is 0 Å². The Balaban J connectivity index is 2.42. The molecule has 0 bridgehead atoms. The fourth-order valence-electron chi connectivity index (χ4n) is 2.05. The van der Waals surface area contributed by atoms with E-state index in [0.29, 0.717) is 12.1 Å². The summed E-state index contributed by atoms with van der Waals surface area (Å²) in [7, 11) is 0. The minimum atomic E-state index is -0.203. The summed E-state index contributed by atoms with van der Waals surface area (Å²) in [6.45, 7) is 0. The molecule has 0 fully saturated rings. The number of nitro groups is 1. The van der Waals surface area contributed by atoms with E-state index in [-0.39, 0.29) is 4.92 Å². The molecule has 0 heterocycles. The lowest BCUT2D eigenvalue weighted by atomic mass is 10.0. The largest absolute Gasteiger partial charge is 0.259 e. The third kappa shape index (κ3) is 5.55. The highest BCUT2D eigenvalue weighted by Gasteiger charge is 2.09. The molecule has 0 unspecified atom stereocenters. The zero-order valence-corrected chi connectivity index (χ0v) is 9.41. The normalized spacial score (nSPS) is 24.4. The van der Waals surface area contributed by atoms with E-state index in [1.807, 2.05) is 6.08 Å². The van der Waals surface area contributed by atoms with Crippen LogP contribution in [-0.4, -0.2) is 4.92 Å². The first kappa shape index (κ1) is 12.2. The maximum absolute atomic E-state index is 10.7. The maximum atomic E-state index is 10.7. The molecule has 1 rings (SSSR count). The van der Waals surface area contributed by atoms with Gasteiger partial charge in [-0.15, -0.1) is 0 Å². The molecule has 0 saturated carbocycles. The Morgan fingerprint density at radius 1 is 0.933 bits per heavy atom. The molecule has 1 aliphatic rings. The van der Waals surface area contributed by atoms with Crippen LogP contribution in [0, 0.1) is 10.1 Å². The van der Waals surface area contributed by atoms with Crippen molar-refractivity contribution in [1.82, 2.24) is 0 Å². The molecule has 0 aromatic carbocycles. The Labute approximate surface area is 91.7 Å². The van der Waals surface area contributed by atoms with E-state index >= 15 is 0 Å². The van der Waals surface area contributed by atoms with Crippen LogP contribution in [0.4, 0.5) is 0 Å². The first-order valence-electron chi connectivity index (χ1n) is 6.14. The van der Waals surface area contributed by atoms with E-state index in [4.69, 9.17) is 0 Å². The quantitative estimate of drug-likeness (QED) is 0.485. The minimum absolute atomic E-state index is 0.203. The highest BCUT2D eigenvalue weighted by atomic mass is 16.6. The van der Waals surface area contributed by atoms with Gasteiger partial charge in [0.15, 0.2) is 0 Å². The van der Waals surface area contributed by atoms with Gasteiger partial charge in [-0.25, -0.2) is 0 Å². The van der Waals surface area contributed by atoms with Crippen LogP contribution in [0.25, 0.3) is 0 Å². The molecule has 0 aliphatic heterocycles. The van der Waals surface area contributed by atoms with Gasteiger partial charge in [-0.3, -0.25) is 10.1 Å². The third-order valence-corrected chi connectivity index (χ3v) is 3.00. The lowest BCUT2D eigenvalue weighted by Gasteiger charge is -2.04. The predicted molar refractivity (Wildman–Crippen MR) is 61.2 cm³/mol. The molecule has 3 heteroatoms. The van der Waals surface area contributed by atoms with Crippen LogP contribution < -0.4 is 0 Å². The second kappa shape index (κ2) is 7.43. The SMILES string of the molecule is O=[N+]([O-])/C1=C\CCCCCCCCCC1. The summed E-state index contributed by atoms with van der Waals surface area (Å²) in [5.41, 5.74) is 0.440. The van der Waals surface area contributed by atoms with E-state index in [0.717, 1.165) is 25.7 Å². The van der Waals surface area contributed by atoms with Crippen LogP contribution in [0.3, 0.4) is 0 Å².